The number of benzene rings is 2. The van der Waals surface area contributed by atoms with E-state index in [2.05, 4.69) is 79.1 Å². The summed E-state index contributed by atoms with van der Waals surface area (Å²) in [5.41, 5.74) is 5.83. The van der Waals surface area contributed by atoms with Gasteiger partial charge in [-0.05, 0) is 73.6 Å². The lowest BCUT2D eigenvalue weighted by Crippen LogP contribution is -2.45. The molecule has 0 bridgehead atoms. The van der Waals surface area contributed by atoms with Crippen molar-refractivity contribution < 1.29 is 29.4 Å². The van der Waals surface area contributed by atoms with E-state index in [0.717, 1.165) is 83.8 Å². The van der Waals surface area contributed by atoms with Crippen LogP contribution in [0.25, 0.3) is 33.6 Å². The molecule has 6 N–H and O–H groups in total. The van der Waals surface area contributed by atoms with Gasteiger partial charge in [-0.1, -0.05) is 61.4 Å². The Bertz CT molecular complexity index is 1860. The number of amides is 4. The Morgan fingerprint density at radius 3 is 1.33 bits per heavy atom. The molecule has 4 amide bonds. The second-order valence-electron chi connectivity index (χ2n) is 15.1. The first-order valence-electron chi connectivity index (χ1n) is 19.1. The van der Waals surface area contributed by atoms with E-state index >= 15 is 0 Å². The summed E-state index contributed by atoms with van der Waals surface area (Å²) in [6.07, 6.45) is 9.23. The van der Waals surface area contributed by atoms with Gasteiger partial charge in [-0.3, -0.25) is 9.59 Å². The highest BCUT2D eigenvalue weighted by Crippen LogP contribution is 2.38. The Balaban J connectivity index is 0.906. The van der Waals surface area contributed by atoms with Crippen molar-refractivity contribution in [1.82, 2.24) is 40.4 Å². The van der Waals surface area contributed by atoms with Gasteiger partial charge < -0.3 is 40.6 Å². The Hall–Kier alpha value is -5.66. The molecule has 4 aromatic rings. The molecular formula is C40H46N8O6. The first-order chi connectivity index (χ1) is 26.2. The second kappa shape index (κ2) is 15.0. The van der Waals surface area contributed by atoms with Crippen LogP contribution in [0.5, 0.6) is 0 Å². The molecule has 8 rings (SSSR count). The maximum Gasteiger partial charge on any atom is 0.404 e. The molecule has 4 fully saturated rings. The van der Waals surface area contributed by atoms with E-state index in [-0.39, 0.29) is 47.8 Å². The Kier molecular flexibility index (Phi) is 9.82. The molecule has 6 atom stereocenters. The maximum absolute atomic E-state index is 13.6. The number of aromatic nitrogens is 4. The van der Waals surface area contributed by atoms with Crippen molar-refractivity contribution in [3.8, 4) is 33.6 Å². The fourth-order valence-electron chi connectivity index (χ4n) is 9.22. The van der Waals surface area contributed by atoms with Crippen LogP contribution in [-0.4, -0.2) is 89.1 Å². The van der Waals surface area contributed by atoms with Crippen LogP contribution in [-0.2, 0) is 9.59 Å². The molecule has 0 radical (unpaired) electrons. The number of likely N-dealkylation sites (tertiary alicyclic amines) is 2. The van der Waals surface area contributed by atoms with Crippen LogP contribution < -0.4 is 10.6 Å². The molecule has 4 heterocycles. The molecular weight excluding hydrogens is 688 g/mol. The molecule has 2 aromatic heterocycles. The van der Waals surface area contributed by atoms with Crippen LogP contribution >= 0.6 is 0 Å². The fourth-order valence-corrected chi connectivity index (χ4v) is 9.22. The van der Waals surface area contributed by atoms with E-state index in [4.69, 9.17) is 0 Å². The van der Waals surface area contributed by atoms with Crippen LogP contribution in [0.4, 0.5) is 9.59 Å². The summed E-state index contributed by atoms with van der Waals surface area (Å²) < 4.78 is 0. The Labute approximate surface area is 312 Å². The minimum Gasteiger partial charge on any atom is -0.465 e. The van der Waals surface area contributed by atoms with Crippen LogP contribution in [0.15, 0.2) is 60.9 Å². The van der Waals surface area contributed by atoms with Crippen molar-refractivity contribution in [2.45, 2.75) is 88.4 Å². The van der Waals surface area contributed by atoms with Crippen molar-refractivity contribution in [3.63, 3.8) is 0 Å². The topological polar surface area (TPSA) is 197 Å². The summed E-state index contributed by atoms with van der Waals surface area (Å²) in [4.78, 5) is 69.7. The van der Waals surface area contributed by atoms with Crippen molar-refractivity contribution in [3.05, 3.63) is 72.6 Å². The average molecular weight is 735 g/mol. The van der Waals surface area contributed by atoms with Crippen molar-refractivity contribution in [2.75, 3.05) is 13.1 Å². The number of carbonyl (C=O) groups is 4. The third kappa shape index (κ3) is 7.04. The highest BCUT2D eigenvalue weighted by atomic mass is 16.4. The van der Waals surface area contributed by atoms with Crippen LogP contribution in [0.1, 0.15) is 87.9 Å². The van der Waals surface area contributed by atoms with Gasteiger partial charge in [-0.25, -0.2) is 19.6 Å². The summed E-state index contributed by atoms with van der Waals surface area (Å²) in [6.45, 7) is 1.28. The third-order valence-corrected chi connectivity index (χ3v) is 11.9. The van der Waals surface area contributed by atoms with Gasteiger partial charge in [0.15, 0.2) is 0 Å². The van der Waals surface area contributed by atoms with Crippen molar-refractivity contribution >= 4 is 24.0 Å². The van der Waals surface area contributed by atoms with Gasteiger partial charge in [0.25, 0.3) is 0 Å². The van der Waals surface area contributed by atoms with Crippen LogP contribution in [0.3, 0.4) is 0 Å². The van der Waals surface area contributed by atoms with Gasteiger partial charge in [-0.2, -0.15) is 0 Å². The average Bonchev–Trinajstić information content (AvgIpc) is 4.01. The molecule has 2 aromatic carbocycles. The number of hydrogen-bond donors (Lipinski definition) is 6. The molecule has 2 aliphatic heterocycles. The number of hydrogen-bond acceptors (Lipinski definition) is 6. The van der Waals surface area contributed by atoms with Crippen molar-refractivity contribution in [1.29, 1.82) is 0 Å². The number of carboxylic acid groups (broad SMARTS) is 2. The van der Waals surface area contributed by atoms with Gasteiger partial charge in [0.2, 0.25) is 11.8 Å². The van der Waals surface area contributed by atoms with E-state index in [1.54, 1.807) is 0 Å². The maximum atomic E-state index is 13.6. The minimum atomic E-state index is -1.09. The molecule has 2 unspecified atom stereocenters. The quantitative estimate of drug-likeness (QED) is 0.115. The number of carbonyl (C=O) groups excluding carboxylic acids is 2. The van der Waals surface area contributed by atoms with Gasteiger partial charge >= 0.3 is 12.2 Å². The minimum absolute atomic E-state index is 0.00787. The predicted molar refractivity (Wildman–Crippen MR) is 199 cm³/mol. The number of imidazole rings is 2. The summed E-state index contributed by atoms with van der Waals surface area (Å²) >= 11 is 0. The molecule has 0 spiro atoms. The zero-order valence-corrected chi connectivity index (χ0v) is 30.0. The molecule has 2 aliphatic carbocycles. The van der Waals surface area contributed by atoms with E-state index in [0.29, 0.717) is 38.8 Å². The zero-order chi connectivity index (χ0) is 37.3. The van der Waals surface area contributed by atoms with Crippen LogP contribution in [0, 0.1) is 11.8 Å². The lowest BCUT2D eigenvalue weighted by atomic mass is 10.0. The van der Waals surface area contributed by atoms with E-state index in [1.807, 2.05) is 22.2 Å². The molecule has 14 nitrogen and oxygen atoms in total. The van der Waals surface area contributed by atoms with Gasteiger partial charge in [0.05, 0.1) is 47.7 Å². The number of rotatable bonds is 9. The van der Waals surface area contributed by atoms with E-state index < -0.39 is 12.2 Å². The summed E-state index contributed by atoms with van der Waals surface area (Å²) in [6, 6.07) is 15.5. The SMILES string of the molecule is O=C(O)N[C@H]1CCC[C@@H]1C(=O)N1CCCC1c1ncc(-c2ccc(-c3ccc(-c4cnc(C5CCCN5C(=O)[C@H]5CCC[C@@H]5NC(=O)O)[nH]4)cc3)cc2)[nH]1. The zero-order valence-electron chi connectivity index (χ0n) is 30.0. The molecule has 2 saturated carbocycles. The smallest absolute Gasteiger partial charge is 0.404 e. The fraction of sp³-hybridized carbons (Fsp3) is 0.450. The summed E-state index contributed by atoms with van der Waals surface area (Å²) in [7, 11) is 0. The van der Waals surface area contributed by atoms with Crippen molar-refractivity contribution in [2.24, 2.45) is 11.8 Å². The molecule has 14 heteroatoms. The highest BCUT2D eigenvalue weighted by Gasteiger charge is 2.42. The number of nitrogens with zero attached hydrogens (tertiary/aromatic N) is 4. The lowest BCUT2D eigenvalue weighted by molar-refractivity contribution is -0.137. The highest BCUT2D eigenvalue weighted by molar-refractivity contribution is 5.82. The standard InChI is InChI=1S/C40H46N8O6/c49-37(27-5-1-7-29(27)45-39(51)52)47-19-3-9-33(47)35-41-21-31(43-35)25-15-11-23(12-16-25)24-13-17-26(18-14-24)32-22-42-36(44-32)34-10-4-20-48(34)38(50)28-6-2-8-30(28)46-40(53)54/h11-18,21-22,27-30,33-34,45-46H,1-10,19-20H2,(H,41,43)(H,42,44)(H,51,52)(H,53,54)/t27-,28-,29-,30-,33?,34?/m0/s1. The van der Waals surface area contributed by atoms with Gasteiger partial charge in [0, 0.05) is 25.2 Å². The van der Waals surface area contributed by atoms with Gasteiger partial charge in [0.1, 0.15) is 11.6 Å². The molecule has 282 valence electrons. The number of H-pyrrole nitrogens is 2. The monoisotopic (exact) mass is 734 g/mol. The second-order valence-corrected chi connectivity index (χ2v) is 15.1. The largest absolute Gasteiger partial charge is 0.465 e. The first-order valence-corrected chi connectivity index (χ1v) is 19.1. The molecule has 54 heavy (non-hydrogen) atoms. The van der Waals surface area contributed by atoms with Crippen LogP contribution in [0.2, 0.25) is 0 Å². The Morgan fingerprint density at radius 2 is 0.944 bits per heavy atom. The summed E-state index contributed by atoms with van der Waals surface area (Å²) in [5, 5.41) is 23.6. The molecule has 4 aliphatic rings. The van der Waals surface area contributed by atoms with Gasteiger partial charge in [-0.15, -0.1) is 0 Å². The number of nitrogens with one attached hydrogen (secondary N) is 4. The first kappa shape index (κ1) is 35.4. The molecule has 2 saturated heterocycles. The lowest BCUT2D eigenvalue weighted by Gasteiger charge is -2.28. The van der Waals surface area contributed by atoms with E-state index in [1.165, 1.54) is 0 Å². The normalized spacial score (nSPS) is 25.3. The third-order valence-electron chi connectivity index (χ3n) is 11.9. The number of aromatic amines is 2. The van der Waals surface area contributed by atoms with E-state index in [9.17, 15) is 29.4 Å². The summed E-state index contributed by atoms with van der Waals surface area (Å²) in [5.74, 6) is 0.844. The predicted octanol–water partition coefficient (Wildman–Crippen LogP) is 6.33. The Morgan fingerprint density at radius 1 is 0.556 bits per heavy atom.